The lowest BCUT2D eigenvalue weighted by Gasteiger charge is -2.10. The number of hydrogen-bond acceptors (Lipinski definition) is 2. The molecular formula is C10H19N3. The summed E-state index contributed by atoms with van der Waals surface area (Å²) in [7, 11) is 1.99. The maximum Gasteiger partial charge on any atom is 0.0596 e. The minimum Gasteiger partial charge on any atom is -0.317 e. The first kappa shape index (κ1) is 10.3. The second-order valence-corrected chi connectivity index (χ2v) is 3.49. The summed E-state index contributed by atoms with van der Waals surface area (Å²) in [5, 5.41) is 7.64. The van der Waals surface area contributed by atoms with E-state index in [1.165, 1.54) is 5.69 Å². The van der Waals surface area contributed by atoms with Gasteiger partial charge < -0.3 is 5.32 Å². The Balaban J connectivity index is 2.74. The number of aromatic nitrogens is 2. The van der Waals surface area contributed by atoms with Gasteiger partial charge in [0.15, 0.2) is 0 Å². The van der Waals surface area contributed by atoms with Crippen molar-refractivity contribution in [1.82, 2.24) is 15.1 Å². The summed E-state index contributed by atoms with van der Waals surface area (Å²) in [4.78, 5) is 0. The lowest BCUT2D eigenvalue weighted by atomic mass is 10.2. The Morgan fingerprint density at radius 2 is 2.31 bits per heavy atom. The van der Waals surface area contributed by atoms with E-state index in [4.69, 9.17) is 0 Å². The monoisotopic (exact) mass is 181 g/mol. The van der Waals surface area contributed by atoms with Crippen molar-refractivity contribution in [3.8, 4) is 0 Å². The van der Waals surface area contributed by atoms with Crippen LogP contribution in [0.25, 0.3) is 0 Å². The molecule has 0 bridgehead atoms. The lowest BCUT2D eigenvalue weighted by molar-refractivity contribution is 0.551. The molecule has 0 saturated heterocycles. The summed E-state index contributed by atoms with van der Waals surface area (Å²) in [6, 6.07) is 2.68. The van der Waals surface area contributed by atoms with E-state index in [1.54, 1.807) is 0 Å². The maximum absolute atomic E-state index is 4.41. The van der Waals surface area contributed by atoms with Gasteiger partial charge in [-0.25, -0.2) is 0 Å². The molecule has 0 aliphatic rings. The number of nitrogens with one attached hydrogen (secondary N) is 1. The highest BCUT2D eigenvalue weighted by Gasteiger charge is 2.06. The number of hydrogen-bond donors (Lipinski definition) is 1. The highest BCUT2D eigenvalue weighted by Crippen LogP contribution is 2.06. The predicted octanol–water partition coefficient (Wildman–Crippen LogP) is 1.36. The Bertz CT molecular complexity index is 265. The molecule has 1 unspecified atom stereocenters. The van der Waals surface area contributed by atoms with E-state index in [0.29, 0.717) is 6.04 Å². The van der Waals surface area contributed by atoms with Crippen LogP contribution in [0.2, 0.25) is 0 Å². The van der Waals surface area contributed by atoms with Crippen LogP contribution in [0.5, 0.6) is 0 Å². The molecule has 0 aromatic carbocycles. The van der Waals surface area contributed by atoms with Gasteiger partial charge in [-0.2, -0.15) is 5.10 Å². The van der Waals surface area contributed by atoms with Gasteiger partial charge in [-0.1, -0.05) is 0 Å². The Morgan fingerprint density at radius 1 is 1.62 bits per heavy atom. The lowest BCUT2D eigenvalue weighted by Crippen LogP contribution is -2.24. The average molecular weight is 181 g/mol. The smallest absolute Gasteiger partial charge is 0.0596 e. The van der Waals surface area contributed by atoms with Gasteiger partial charge in [0, 0.05) is 24.7 Å². The van der Waals surface area contributed by atoms with Crippen LogP contribution in [0.4, 0.5) is 0 Å². The highest BCUT2D eigenvalue weighted by molar-refractivity contribution is 5.10. The molecule has 13 heavy (non-hydrogen) atoms. The van der Waals surface area contributed by atoms with Crippen molar-refractivity contribution in [2.45, 2.75) is 39.8 Å². The third-order valence-electron chi connectivity index (χ3n) is 2.29. The van der Waals surface area contributed by atoms with Gasteiger partial charge in [0.05, 0.1) is 5.69 Å². The number of aryl methyl sites for hydroxylation is 2. The summed E-state index contributed by atoms with van der Waals surface area (Å²) in [6.07, 6.45) is 1.05. The number of rotatable bonds is 4. The normalized spacial score (nSPS) is 13.2. The van der Waals surface area contributed by atoms with Crippen LogP contribution in [0.1, 0.15) is 25.2 Å². The molecule has 0 fully saturated rings. The maximum atomic E-state index is 4.41. The van der Waals surface area contributed by atoms with Crippen LogP contribution in [0.15, 0.2) is 6.07 Å². The van der Waals surface area contributed by atoms with E-state index >= 15 is 0 Å². The molecule has 0 aliphatic heterocycles. The molecule has 1 heterocycles. The molecule has 0 aliphatic carbocycles. The fraction of sp³-hybridized carbons (Fsp3) is 0.700. The zero-order chi connectivity index (χ0) is 9.84. The first-order chi connectivity index (χ1) is 6.17. The Morgan fingerprint density at radius 3 is 2.85 bits per heavy atom. The van der Waals surface area contributed by atoms with Crippen LogP contribution in [-0.4, -0.2) is 22.9 Å². The SMILES string of the molecule is CCn1nc(C)cc1CC(C)NC. The van der Waals surface area contributed by atoms with Crippen molar-refractivity contribution >= 4 is 0 Å². The van der Waals surface area contributed by atoms with E-state index in [1.807, 2.05) is 14.0 Å². The van der Waals surface area contributed by atoms with E-state index in [0.717, 1.165) is 18.7 Å². The zero-order valence-electron chi connectivity index (χ0n) is 8.96. The molecule has 74 valence electrons. The second-order valence-electron chi connectivity index (χ2n) is 3.49. The Kier molecular flexibility index (Phi) is 3.48. The first-order valence-corrected chi connectivity index (χ1v) is 4.88. The summed E-state index contributed by atoms with van der Waals surface area (Å²) in [5.41, 5.74) is 2.43. The quantitative estimate of drug-likeness (QED) is 0.760. The molecule has 0 saturated carbocycles. The van der Waals surface area contributed by atoms with E-state index < -0.39 is 0 Å². The molecule has 1 rings (SSSR count). The Labute approximate surface area is 80.1 Å². The average Bonchev–Trinajstić information content (AvgIpc) is 2.46. The first-order valence-electron chi connectivity index (χ1n) is 4.88. The summed E-state index contributed by atoms with van der Waals surface area (Å²) < 4.78 is 2.07. The van der Waals surface area contributed by atoms with Gasteiger partial charge in [-0.15, -0.1) is 0 Å². The van der Waals surface area contributed by atoms with Crippen LogP contribution in [0, 0.1) is 6.92 Å². The van der Waals surface area contributed by atoms with Crippen LogP contribution < -0.4 is 5.32 Å². The van der Waals surface area contributed by atoms with Gasteiger partial charge in [-0.3, -0.25) is 4.68 Å². The van der Waals surface area contributed by atoms with Gasteiger partial charge in [0.25, 0.3) is 0 Å². The fourth-order valence-electron chi connectivity index (χ4n) is 1.45. The van der Waals surface area contributed by atoms with Crippen LogP contribution in [-0.2, 0) is 13.0 Å². The molecule has 1 N–H and O–H groups in total. The van der Waals surface area contributed by atoms with Crippen molar-refractivity contribution in [2.75, 3.05) is 7.05 Å². The Hall–Kier alpha value is -0.830. The van der Waals surface area contributed by atoms with Gasteiger partial charge in [0.2, 0.25) is 0 Å². The minimum absolute atomic E-state index is 0.515. The zero-order valence-corrected chi connectivity index (χ0v) is 8.96. The van der Waals surface area contributed by atoms with Crippen LogP contribution in [0.3, 0.4) is 0 Å². The molecule has 1 aromatic heterocycles. The van der Waals surface area contributed by atoms with Crippen molar-refractivity contribution in [3.63, 3.8) is 0 Å². The highest BCUT2D eigenvalue weighted by atomic mass is 15.3. The molecule has 0 amide bonds. The molecule has 1 atom stereocenters. The molecule has 0 spiro atoms. The predicted molar refractivity (Wildman–Crippen MR) is 54.9 cm³/mol. The molecular weight excluding hydrogens is 162 g/mol. The second kappa shape index (κ2) is 4.42. The van der Waals surface area contributed by atoms with Crippen LogP contribution >= 0.6 is 0 Å². The standard InChI is InChI=1S/C10H19N3/c1-5-13-10(6-8(2)11-4)7-9(3)12-13/h7-8,11H,5-6H2,1-4H3. The molecule has 3 heteroatoms. The number of likely N-dealkylation sites (N-methyl/N-ethyl adjacent to an activating group) is 1. The molecule has 0 radical (unpaired) electrons. The third kappa shape index (κ3) is 2.56. The van der Waals surface area contributed by atoms with Crippen molar-refractivity contribution in [3.05, 3.63) is 17.5 Å². The van der Waals surface area contributed by atoms with E-state index in [2.05, 4.69) is 35.0 Å². The van der Waals surface area contributed by atoms with Gasteiger partial charge in [0.1, 0.15) is 0 Å². The largest absolute Gasteiger partial charge is 0.317 e. The number of nitrogens with zero attached hydrogens (tertiary/aromatic N) is 2. The van der Waals surface area contributed by atoms with Gasteiger partial charge in [-0.05, 0) is 33.9 Å². The van der Waals surface area contributed by atoms with Crippen molar-refractivity contribution < 1.29 is 0 Å². The topological polar surface area (TPSA) is 29.9 Å². The van der Waals surface area contributed by atoms with E-state index in [-0.39, 0.29) is 0 Å². The summed E-state index contributed by atoms with van der Waals surface area (Å²) >= 11 is 0. The minimum atomic E-state index is 0.515. The van der Waals surface area contributed by atoms with Crippen molar-refractivity contribution in [2.24, 2.45) is 0 Å². The summed E-state index contributed by atoms with van der Waals surface area (Å²) in [5.74, 6) is 0. The molecule has 3 nitrogen and oxygen atoms in total. The van der Waals surface area contributed by atoms with E-state index in [9.17, 15) is 0 Å². The molecule has 1 aromatic rings. The third-order valence-corrected chi connectivity index (χ3v) is 2.29. The van der Waals surface area contributed by atoms with Crippen molar-refractivity contribution in [1.29, 1.82) is 0 Å². The van der Waals surface area contributed by atoms with Gasteiger partial charge >= 0.3 is 0 Å². The summed E-state index contributed by atoms with van der Waals surface area (Å²) in [6.45, 7) is 7.31. The fourth-order valence-corrected chi connectivity index (χ4v) is 1.45.